The van der Waals surface area contributed by atoms with Crippen molar-refractivity contribution in [2.24, 2.45) is 11.1 Å². The maximum absolute atomic E-state index is 10.5. The number of rotatable bonds is 2. The van der Waals surface area contributed by atoms with Crippen LogP contribution in [0.5, 0.6) is 0 Å². The number of oxime groups is 1. The van der Waals surface area contributed by atoms with Gasteiger partial charge in [0.2, 0.25) is 0 Å². The van der Waals surface area contributed by atoms with Gasteiger partial charge in [0.05, 0.1) is 5.71 Å². The molecule has 0 spiro atoms. The molecule has 0 amide bonds. The minimum absolute atomic E-state index is 0.338. The molecule has 0 aromatic heterocycles. The van der Waals surface area contributed by atoms with Crippen LogP contribution < -0.4 is 0 Å². The molecule has 1 aliphatic carbocycles. The van der Waals surface area contributed by atoms with Gasteiger partial charge in [-0.3, -0.25) is 0 Å². The van der Waals surface area contributed by atoms with Crippen LogP contribution in [0.2, 0.25) is 0 Å². The molecular weight excluding hydrogens is 166 g/mol. The second-order valence-corrected chi connectivity index (χ2v) is 3.65. The molecule has 1 rings (SSSR count). The van der Waals surface area contributed by atoms with Crippen molar-refractivity contribution in [3.05, 3.63) is 0 Å². The molecule has 74 valence electrons. The van der Waals surface area contributed by atoms with Crippen molar-refractivity contribution in [3.8, 4) is 0 Å². The summed E-state index contributed by atoms with van der Waals surface area (Å²) < 4.78 is 0. The van der Waals surface area contributed by atoms with Crippen LogP contribution in [0.1, 0.15) is 46.0 Å². The highest BCUT2D eigenvalue weighted by Crippen LogP contribution is 2.24. The Kier molecular flexibility index (Phi) is 3.93. The zero-order chi connectivity index (χ0) is 9.68. The first-order valence-corrected chi connectivity index (χ1v) is 4.92. The Bertz CT molecular complexity index is 205. The van der Waals surface area contributed by atoms with Crippen LogP contribution in [0.3, 0.4) is 0 Å². The lowest BCUT2D eigenvalue weighted by molar-refractivity contribution is -0.141. The number of hydrogen-bond donors (Lipinski definition) is 0. The van der Waals surface area contributed by atoms with Gasteiger partial charge in [-0.05, 0) is 19.8 Å². The summed E-state index contributed by atoms with van der Waals surface area (Å²) in [6, 6.07) is 0. The molecule has 0 atom stereocenters. The predicted octanol–water partition coefficient (Wildman–Crippen LogP) is 2.51. The molecule has 0 aromatic rings. The summed E-state index contributed by atoms with van der Waals surface area (Å²) in [5.74, 6) is 0.197. The molecule has 1 aliphatic rings. The van der Waals surface area contributed by atoms with E-state index in [1.54, 1.807) is 0 Å². The molecule has 0 N–H and O–H groups in total. The topological polar surface area (TPSA) is 38.7 Å². The Balaban J connectivity index is 2.39. The van der Waals surface area contributed by atoms with Gasteiger partial charge in [-0.1, -0.05) is 24.4 Å². The van der Waals surface area contributed by atoms with E-state index in [0.717, 1.165) is 5.71 Å². The number of carbonyl (C=O) groups excluding carboxylic acids is 1. The highest BCUT2D eigenvalue weighted by atomic mass is 16.7. The van der Waals surface area contributed by atoms with Crippen molar-refractivity contribution >= 4 is 11.7 Å². The summed E-state index contributed by atoms with van der Waals surface area (Å²) in [5, 5.41) is 3.81. The van der Waals surface area contributed by atoms with E-state index in [4.69, 9.17) is 0 Å². The second kappa shape index (κ2) is 5.00. The van der Waals surface area contributed by atoms with Crippen molar-refractivity contribution < 1.29 is 9.63 Å². The van der Waals surface area contributed by atoms with E-state index >= 15 is 0 Å². The lowest BCUT2D eigenvalue weighted by Gasteiger charge is -2.20. The first kappa shape index (κ1) is 10.2. The van der Waals surface area contributed by atoms with E-state index < -0.39 is 0 Å². The molecule has 0 aliphatic heterocycles. The highest BCUT2D eigenvalue weighted by molar-refractivity contribution is 5.84. The fourth-order valence-corrected chi connectivity index (χ4v) is 1.73. The van der Waals surface area contributed by atoms with Gasteiger partial charge in [-0.25, -0.2) is 4.79 Å². The van der Waals surface area contributed by atoms with Crippen molar-refractivity contribution in [2.75, 3.05) is 0 Å². The smallest absolute Gasteiger partial charge is 0.319 e. The van der Waals surface area contributed by atoms with Gasteiger partial charge in [0.15, 0.2) is 0 Å². The Morgan fingerprint density at radius 2 is 1.85 bits per heavy atom. The third-order valence-corrected chi connectivity index (χ3v) is 2.51. The van der Waals surface area contributed by atoms with Gasteiger partial charge in [-0.15, -0.1) is 0 Å². The van der Waals surface area contributed by atoms with Crippen molar-refractivity contribution in [3.63, 3.8) is 0 Å². The van der Waals surface area contributed by atoms with Gasteiger partial charge >= 0.3 is 5.97 Å². The molecule has 0 saturated heterocycles. The minimum atomic E-state index is -0.338. The largest absolute Gasteiger partial charge is 0.331 e. The van der Waals surface area contributed by atoms with E-state index in [1.807, 2.05) is 6.92 Å². The average Bonchev–Trinajstić information content (AvgIpc) is 2.15. The molecule has 0 bridgehead atoms. The molecule has 13 heavy (non-hydrogen) atoms. The summed E-state index contributed by atoms with van der Waals surface area (Å²) in [4.78, 5) is 15.1. The summed E-state index contributed by atoms with van der Waals surface area (Å²) >= 11 is 0. The molecule has 3 heteroatoms. The molecule has 0 heterocycles. The Hall–Kier alpha value is -0.860. The summed E-state index contributed by atoms with van der Waals surface area (Å²) in [6.45, 7) is 3.32. The predicted molar refractivity (Wildman–Crippen MR) is 51.5 cm³/mol. The van der Waals surface area contributed by atoms with E-state index in [2.05, 4.69) is 9.99 Å². The Morgan fingerprint density at radius 1 is 1.23 bits per heavy atom. The fourth-order valence-electron chi connectivity index (χ4n) is 1.73. The van der Waals surface area contributed by atoms with Gasteiger partial charge in [0.1, 0.15) is 0 Å². The Morgan fingerprint density at radius 3 is 2.38 bits per heavy atom. The normalized spacial score (nSPS) is 20.0. The highest BCUT2D eigenvalue weighted by Gasteiger charge is 2.16. The third-order valence-electron chi connectivity index (χ3n) is 2.51. The molecule has 1 fully saturated rings. The van der Waals surface area contributed by atoms with Crippen LogP contribution in [0, 0.1) is 5.92 Å². The Labute approximate surface area is 79.1 Å². The maximum Gasteiger partial charge on any atom is 0.331 e. The van der Waals surface area contributed by atoms with Crippen LogP contribution in [-0.2, 0) is 9.63 Å². The molecule has 0 aromatic carbocycles. The van der Waals surface area contributed by atoms with Crippen molar-refractivity contribution in [2.45, 2.75) is 46.0 Å². The number of carbonyl (C=O) groups is 1. The number of nitrogens with zero attached hydrogens (tertiary/aromatic N) is 1. The van der Waals surface area contributed by atoms with Crippen LogP contribution in [0.15, 0.2) is 5.16 Å². The summed E-state index contributed by atoms with van der Waals surface area (Å²) in [6.07, 6.45) is 6.26. The lowest BCUT2D eigenvalue weighted by Crippen LogP contribution is -2.15. The molecular formula is C10H17NO2. The average molecular weight is 183 g/mol. The first-order valence-electron chi connectivity index (χ1n) is 4.92. The van der Waals surface area contributed by atoms with E-state index in [-0.39, 0.29) is 5.97 Å². The van der Waals surface area contributed by atoms with Crippen LogP contribution in [0.4, 0.5) is 0 Å². The molecule has 3 nitrogen and oxygen atoms in total. The van der Waals surface area contributed by atoms with Crippen LogP contribution >= 0.6 is 0 Å². The quantitative estimate of drug-likeness (QED) is 0.375. The third kappa shape index (κ3) is 3.57. The van der Waals surface area contributed by atoms with Gasteiger partial charge < -0.3 is 4.84 Å². The fraction of sp³-hybridized carbons (Fsp3) is 0.800. The number of hydrogen-bond acceptors (Lipinski definition) is 3. The van der Waals surface area contributed by atoms with Gasteiger partial charge in [0.25, 0.3) is 0 Å². The van der Waals surface area contributed by atoms with E-state index in [9.17, 15) is 4.79 Å². The van der Waals surface area contributed by atoms with Crippen molar-refractivity contribution in [1.29, 1.82) is 0 Å². The zero-order valence-electron chi connectivity index (χ0n) is 8.38. The van der Waals surface area contributed by atoms with Gasteiger partial charge in [-0.2, -0.15) is 0 Å². The maximum atomic E-state index is 10.5. The second-order valence-electron chi connectivity index (χ2n) is 3.65. The lowest BCUT2D eigenvalue weighted by atomic mass is 9.86. The monoisotopic (exact) mass is 183 g/mol. The standard InChI is InChI=1S/C10H17NO2/c1-8(11-13-9(2)12)10-6-4-3-5-7-10/h10H,3-7H2,1-2H3/b11-8+. The van der Waals surface area contributed by atoms with Crippen LogP contribution in [0.25, 0.3) is 0 Å². The minimum Gasteiger partial charge on any atom is -0.319 e. The van der Waals surface area contributed by atoms with E-state index in [0.29, 0.717) is 5.92 Å². The van der Waals surface area contributed by atoms with Gasteiger partial charge in [0, 0.05) is 12.8 Å². The first-order chi connectivity index (χ1) is 6.20. The van der Waals surface area contributed by atoms with E-state index in [1.165, 1.54) is 39.0 Å². The molecule has 0 radical (unpaired) electrons. The summed E-state index contributed by atoms with van der Waals surface area (Å²) in [5.41, 5.74) is 0.968. The zero-order valence-corrected chi connectivity index (χ0v) is 8.38. The summed E-state index contributed by atoms with van der Waals surface area (Å²) in [7, 11) is 0. The van der Waals surface area contributed by atoms with Crippen molar-refractivity contribution in [1.82, 2.24) is 0 Å². The SMILES string of the molecule is CC(=O)O/N=C(\C)C1CCCCC1. The van der Waals surface area contributed by atoms with Crippen LogP contribution in [-0.4, -0.2) is 11.7 Å². The molecule has 0 unspecified atom stereocenters. The molecule has 1 saturated carbocycles.